The third-order valence-corrected chi connectivity index (χ3v) is 4.71. The molecule has 1 aromatic carbocycles. The molecule has 2 heterocycles. The van der Waals surface area contributed by atoms with Crippen LogP contribution in [0.5, 0.6) is 0 Å². The van der Waals surface area contributed by atoms with Gasteiger partial charge in [-0.25, -0.2) is 0 Å². The predicted molar refractivity (Wildman–Crippen MR) is 76.6 cm³/mol. The summed E-state index contributed by atoms with van der Waals surface area (Å²) in [5.74, 6) is 0.728. The molecule has 20 heavy (non-hydrogen) atoms. The van der Waals surface area contributed by atoms with E-state index in [9.17, 15) is 4.79 Å². The quantitative estimate of drug-likeness (QED) is 0.900. The molecule has 0 radical (unpaired) electrons. The number of hydrogen-bond acceptors (Lipinski definition) is 3. The van der Waals surface area contributed by atoms with E-state index in [4.69, 9.17) is 4.42 Å². The lowest BCUT2D eigenvalue weighted by Crippen LogP contribution is -2.44. The minimum atomic E-state index is -0.0124. The summed E-state index contributed by atoms with van der Waals surface area (Å²) in [6.07, 6.45) is 5.50. The van der Waals surface area contributed by atoms with Gasteiger partial charge in [-0.1, -0.05) is 6.07 Å². The maximum absolute atomic E-state index is 12.3. The minimum absolute atomic E-state index is 0.0124. The first-order valence-corrected chi connectivity index (χ1v) is 7.32. The fourth-order valence-corrected chi connectivity index (χ4v) is 3.69. The molecule has 2 aromatic rings. The number of carbonyl (C=O) groups excluding carboxylic acids is 1. The number of rotatable bonds is 3. The van der Waals surface area contributed by atoms with E-state index in [1.54, 1.807) is 6.26 Å². The molecular formula is C16H18N2O2. The zero-order chi connectivity index (χ0) is 13.5. The average Bonchev–Trinajstić information content (AvgIpc) is 3.19. The van der Waals surface area contributed by atoms with E-state index in [1.807, 2.05) is 24.3 Å². The molecule has 2 bridgehead atoms. The number of fused-ring (bicyclic) bond motifs is 3. The van der Waals surface area contributed by atoms with Crippen molar-refractivity contribution in [3.8, 4) is 0 Å². The van der Waals surface area contributed by atoms with Crippen LogP contribution in [0.3, 0.4) is 0 Å². The molecule has 1 aromatic heterocycles. The Bertz CT molecular complexity index is 649. The summed E-state index contributed by atoms with van der Waals surface area (Å²) in [5, 5.41) is 7.54. The molecule has 1 saturated heterocycles. The highest BCUT2D eigenvalue weighted by Crippen LogP contribution is 2.34. The summed E-state index contributed by atoms with van der Waals surface area (Å²) in [6, 6.07) is 8.56. The van der Waals surface area contributed by atoms with Crippen molar-refractivity contribution in [1.82, 2.24) is 10.6 Å². The van der Waals surface area contributed by atoms with Crippen LogP contribution in [0.15, 0.2) is 34.9 Å². The molecule has 2 fully saturated rings. The minimum Gasteiger partial charge on any atom is -0.464 e. The number of benzene rings is 1. The van der Waals surface area contributed by atoms with Crippen LogP contribution in [0, 0.1) is 5.92 Å². The summed E-state index contributed by atoms with van der Waals surface area (Å²) >= 11 is 0. The SMILES string of the molecule is O=C(NC[C@H]1N[C@@H]2CC[C@H]1C2)c1cccc2occc12. The lowest BCUT2D eigenvalue weighted by Gasteiger charge is -2.23. The first-order valence-electron chi connectivity index (χ1n) is 7.32. The van der Waals surface area contributed by atoms with E-state index in [0.717, 1.165) is 16.9 Å². The van der Waals surface area contributed by atoms with Gasteiger partial charge in [0, 0.05) is 24.0 Å². The maximum atomic E-state index is 12.3. The Morgan fingerprint density at radius 2 is 2.30 bits per heavy atom. The van der Waals surface area contributed by atoms with Crippen LogP contribution in [-0.4, -0.2) is 24.5 Å². The molecule has 1 amide bonds. The predicted octanol–water partition coefficient (Wildman–Crippen LogP) is 2.30. The number of amides is 1. The highest BCUT2D eigenvalue weighted by Gasteiger charge is 2.38. The number of hydrogen-bond donors (Lipinski definition) is 2. The van der Waals surface area contributed by atoms with Gasteiger partial charge in [-0.3, -0.25) is 4.79 Å². The summed E-state index contributed by atoms with van der Waals surface area (Å²) in [4.78, 5) is 12.3. The van der Waals surface area contributed by atoms with Crippen molar-refractivity contribution < 1.29 is 9.21 Å². The first-order chi connectivity index (χ1) is 9.81. The Labute approximate surface area is 117 Å². The third kappa shape index (κ3) is 1.91. The van der Waals surface area contributed by atoms with Gasteiger partial charge in [0.1, 0.15) is 5.58 Å². The number of nitrogens with one attached hydrogen (secondary N) is 2. The number of piperidine rings is 1. The average molecular weight is 270 g/mol. The summed E-state index contributed by atoms with van der Waals surface area (Å²) in [6.45, 7) is 0.717. The third-order valence-electron chi connectivity index (χ3n) is 4.71. The molecule has 0 spiro atoms. The fraction of sp³-hybridized carbons (Fsp3) is 0.438. The highest BCUT2D eigenvalue weighted by atomic mass is 16.3. The lowest BCUT2D eigenvalue weighted by atomic mass is 10.00. The van der Waals surface area contributed by atoms with Crippen LogP contribution in [0.25, 0.3) is 11.0 Å². The molecule has 4 rings (SSSR count). The topological polar surface area (TPSA) is 54.3 Å². The van der Waals surface area contributed by atoms with Crippen LogP contribution >= 0.6 is 0 Å². The van der Waals surface area contributed by atoms with Crippen LogP contribution in [0.4, 0.5) is 0 Å². The smallest absolute Gasteiger partial charge is 0.252 e. The molecule has 1 aliphatic carbocycles. The van der Waals surface area contributed by atoms with Crippen molar-refractivity contribution in [3.05, 3.63) is 36.1 Å². The standard InChI is InChI=1S/C16H18N2O2/c19-16(13-2-1-3-15-12(13)6-7-20-15)17-9-14-10-4-5-11(8-10)18-14/h1-3,6-7,10-11,14,18H,4-5,8-9H2,(H,17,19)/t10-,11+,14+/m0/s1. The monoisotopic (exact) mass is 270 g/mol. The summed E-state index contributed by atoms with van der Waals surface area (Å²) in [7, 11) is 0. The van der Waals surface area contributed by atoms with Gasteiger partial charge in [0.15, 0.2) is 0 Å². The van der Waals surface area contributed by atoms with E-state index in [0.29, 0.717) is 24.2 Å². The lowest BCUT2D eigenvalue weighted by molar-refractivity contribution is 0.0948. The van der Waals surface area contributed by atoms with E-state index >= 15 is 0 Å². The molecule has 1 aliphatic heterocycles. The Kier molecular flexibility index (Phi) is 2.77. The van der Waals surface area contributed by atoms with Gasteiger partial charge >= 0.3 is 0 Å². The van der Waals surface area contributed by atoms with E-state index in [2.05, 4.69) is 10.6 Å². The van der Waals surface area contributed by atoms with Gasteiger partial charge in [0.05, 0.1) is 11.8 Å². The molecule has 104 valence electrons. The second kappa shape index (κ2) is 4.63. The first kappa shape index (κ1) is 12.0. The van der Waals surface area contributed by atoms with Crippen molar-refractivity contribution in [2.45, 2.75) is 31.3 Å². The second-order valence-electron chi connectivity index (χ2n) is 5.89. The van der Waals surface area contributed by atoms with Gasteiger partial charge in [0.25, 0.3) is 5.91 Å². The number of furan rings is 1. The summed E-state index contributed by atoms with van der Waals surface area (Å²) in [5.41, 5.74) is 1.45. The van der Waals surface area contributed by atoms with Crippen molar-refractivity contribution >= 4 is 16.9 Å². The van der Waals surface area contributed by atoms with Gasteiger partial charge in [-0.05, 0) is 43.4 Å². The van der Waals surface area contributed by atoms with E-state index in [1.165, 1.54) is 19.3 Å². The Morgan fingerprint density at radius 1 is 1.35 bits per heavy atom. The molecule has 2 N–H and O–H groups in total. The van der Waals surface area contributed by atoms with Crippen LogP contribution in [-0.2, 0) is 0 Å². The molecule has 2 aliphatic rings. The van der Waals surface area contributed by atoms with E-state index < -0.39 is 0 Å². The Morgan fingerprint density at radius 3 is 3.10 bits per heavy atom. The van der Waals surface area contributed by atoms with Crippen molar-refractivity contribution in [1.29, 1.82) is 0 Å². The zero-order valence-corrected chi connectivity index (χ0v) is 11.3. The van der Waals surface area contributed by atoms with Gasteiger partial charge in [-0.2, -0.15) is 0 Å². The molecule has 4 nitrogen and oxygen atoms in total. The van der Waals surface area contributed by atoms with Gasteiger partial charge in [-0.15, -0.1) is 0 Å². The largest absolute Gasteiger partial charge is 0.464 e. The summed E-state index contributed by atoms with van der Waals surface area (Å²) < 4.78 is 5.33. The van der Waals surface area contributed by atoms with Gasteiger partial charge < -0.3 is 15.1 Å². The maximum Gasteiger partial charge on any atom is 0.252 e. The highest BCUT2D eigenvalue weighted by molar-refractivity contribution is 6.05. The molecule has 1 saturated carbocycles. The van der Waals surface area contributed by atoms with Crippen molar-refractivity contribution in [2.75, 3.05) is 6.54 Å². The van der Waals surface area contributed by atoms with Crippen LogP contribution < -0.4 is 10.6 Å². The fourth-order valence-electron chi connectivity index (χ4n) is 3.69. The Hall–Kier alpha value is -1.81. The van der Waals surface area contributed by atoms with Crippen LogP contribution in [0.1, 0.15) is 29.6 Å². The normalized spacial score (nSPS) is 28.1. The van der Waals surface area contributed by atoms with Crippen LogP contribution in [0.2, 0.25) is 0 Å². The molecule has 3 atom stereocenters. The van der Waals surface area contributed by atoms with Crippen molar-refractivity contribution in [2.24, 2.45) is 5.92 Å². The molecule has 4 heteroatoms. The molecular weight excluding hydrogens is 252 g/mol. The zero-order valence-electron chi connectivity index (χ0n) is 11.3. The van der Waals surface area contributed by atoms with Gasteiger partial charge in [0.2, 0.25) is 0 Å². The van der Waals surface area contributed by atoms with Crippen molar-refractivity contribution in [3.63, 3.8) is 0 Å². The Balaban J connectivity index is 1.46. The number of carbonyl (C=O) groups is 1. The molecule has 0 unspecified atom stereocenters. The van der Waals surface area contributed by atoms with E-state index in [-0.39, 0.29) is 5.91 Å². The second-order valence-corrected chi connectivity index (χ2v) is 5.89.